The number of hydrogen-bond donors (Lipinski definition) is 1. The topological polar surface area (TPSA) is 76.6 Å². The van der Waals surface area contributed by atoms with Crippen molar-refractivity contribution in [2.24, 2.45) is 0 Å². The average molecular weight is 312 g/mol. The van der Waals surface area contributed by atoms with Crippen LogP contribution >= 0.6 is 0 Å². The van der Waals surface area contributed by atoms with Gasteiger partial charge in [0.25, 0.3) is 0 Å². The highest BCUT2D eigenvalue weighted by molar-refractivity contribution is 5.93. The van der Waals surface area contributed by atoms with Crippen LogP contribution in [0.4, 0.5) is 10.5 Å². The van der Waals surface area contributed by atoms with Crippen molar-refractivity contribution in [3.63, 3.8) is 0 Å². The molecule has 2 amide bonds. The van der Waals surface area contributed by atoms with Crippen molar-refractivity contribution in [2.75, 3.05) is 18.6 Å². The van der Waals surface area contributed by atoms with Gasteiger partial charge in [-0.05, 0) is 12.1 Å². The molecule has 2 aromatic rings. The van der Waals surface area contributed by atoms with E-state index >= 15 is 0 Å². The summed E-state index contributed by atoms with van der Waals surface area (Å²) in [7, 11) is 1.59. The summed E-state index contributed by atoms with van der Waals surface area (Å²) in [5.74, 6) is 1.26. The summed E-state index contributed by atoms with van der Waals surface area (Å²) in [6.07, 6.45) is 3.79. The zero-order valence-electron chi connectivity index (χ0n) is 12.7. The Kier molecular flexibility index (Phi) is 4.09. The van der Waals surface area contributed by atoms with Crippen molar-refractivity contribution in [1.82, 2.24) is 15.3 Å². The summed E-state index contributed by atoms with van der Waals surface area (Å²) < 4.78 is 10.7. The fraction of sp³-hybridized carbons (Fsp3) is 0.188. The van der Waals surface area contributed by atoms with Crippen molar-refractivity contribution in [3.05, 3.63) is 48.9 Å². The summed E-state index contributed by atoms with van der Waals surface area (Å²) in [6.45, 7) is 4.29. The van der Waals surface area contributed by atoms with Crippen LogP contribution < -0.4 is 19.7 Å². The number of methoxy groups -OCH3 is 1. The number of rotatable bonds is 4. The number of amides is 2. The van der Waals surface area contributed by atoms with E-state index in [1.54, 1.807) is 36.5 Å². The summed E-state index contributed by atoms with van der Waals surface area (Å²) in [6, 6.07) is 7.12. The molecule has 23 heavy (non-hydrogen) atoms. The molecule has 1 aliphatic rings. The predicted molar refractivity (Wildman–Crippen MR) is 84.7 cm³/mol. The van der Waals surface area contributed by atoms with E-state index in [4.69, 9.17) is 9.47 Å². The minimum absolute atomic E-state index is 0.198. The third kappa shape index (κ3) is 3.39. The monoisotopic (exact) mass is 312 g/mol. The molecule has 0 radical (unpaired) electrons. The van der Waals surface area contributed by atoms with Gasteiger partial charge >= 0.3 is 12.0 Å². The van der Waals surface area contributed by atoms with Crippen LogP contribution in [0.2, 0.25) is 0 Å². The van der Waals surface area contributed by atoms with E-state index in [9.17, 15) is 4.79 Å². The second-order valence-corrected chi connectivity index (χ2v) is 4.94. The highest BCUT2D eigenvalue weighted by Crippen LogP contribution is 2.24. The van der Waals surface area contributed by atoms with Crippen LogP contribution in [0.15, 0.2) is 48.9 Å². The molecule has 1 N–H and O–H groups in total. The Morgan fingerprint density at radius 1 is 1.26 bits per heavy atom. The van der Waals surface area contributed by atoms with Crippen molar-refractivity contribution in [2.45, 2.75) is 6.42 Å². The highest BCUT2D eigenvalue weighted by Gasteiger charge is 2.21. The third-order valence-corrected chi connectivity index (χ3v) is 3.34. The van der Waals surface area contributed by atoms with Crippen molar-refractivity contribution >= 4 is 11.7 Å². The van der Waals surface area contributed by atoms with Gasteiger partial charge in [0.2, 0.25) is 0 Å². The van der Waals surface area contributed by atoms with Crippen LogP contribution in [0.3, 0.4) is 0 Å². The van der Waals surface area contributed by atoms with Gasteiger partial charge in [-0.3, -0.25) is 4.90 Å². The molecule has 1 aliphatic heterocycles. The average Bonchev–Trinajstić information content (AvgIpc) is 2.56. The molecule has 1 fully saturated rings. The zero-order chi connectivity index (χ0) is 16.2. The number of carbonyl (C=O) groups is 1. The quantitative estimate of drug-likeness (QED) is 0.939. The molecule has 118 valence electrons. The van der Waals surface area contributed by atoms with Crippen LogP contribution in [0.1, 0.15) is 6.42 Å². The smallest absolute Gasteiger partial charge is 0.326 e. The number of hydrogen-bond acceptors (Lipinski definition) is 5. The molecule has 0 saturated carbocycles. The van der Waals surface area contributed by atoms with Crippen LogP contribution in [-0.2, 0) is 0 Å². The van der Waals surface area contributed by atoms with E-state index in [1.165, 1.54) is 0 Å². The Bertz CT molecular complexity index is 730. The number of carbonyl (C=O) groups excluding carboxylic acids is 1. The number of benzene rings is 1. The summed E-state index contributed by atoms with van der Waals surface area (Å²) >= 11 is 0. The van der Waals surface area contributed by atoms with Crippen molar-refractivity contribution in [3.8, 4) is 17.5 Å². The molecule has 0 unspecified atom stereocenters. The summed E-state index contributed by atoms with van der Waals surface area (Å²) in [5.41, 5.74) is 1.32. The first-order valence-electron chi connectivity index (χ1n) is 7.06. The van der Waals surface area contributed by atoms with E-state index in [2.05, 4.69) is 21.9 Å². The molecule has 1 aromatic carbocycles. The van der Waals surface area contributed by atoms with Crippen molar-refractivity contribution < 1.29 is 14.3 Å². The number of ether oxygens (including phenoxy) is 2. The SMILES string of the molecule is C=C1CCN(c2cnc(Oc3cccc(OC)c3)nc2)C(=O)N1. The van der Waals surface area contributed by atoms with Gasteiger partial charge in [-0.25, -0.2) is 14.8 Å². The molecule has 7 heteroatoms. The molecule has 0 aliphatic carbocycles. The Hall–Kier alpha value is -3.09. The van der Waals surface area contributed by atoms with Gasteiger partial charge in [-0.15, -0.1) is 0 Å². The minimum Gasteiger partial charge on any atom is -0.497 e. The molecule has 0 atom stereocenters. The van der Waals surface area contributed by atoms with Crippen molar-refractivity contribution in [1.29, 1.82) is 0 Å². The second-order valence-electron chi connectivity index (χ2n) is 4.94. The summed E-state index contributed by atoms with van der Waals surface area (Å²) in [5, 5.41) is 2.69. The molecule has 7 nitrogen and oxygen atoms in total. The Morgan fingerprint density at radius 2 is 2.00 bits per heavy atom. The lowest BCUT2D eigenvalue weighted by atomic mass is 10.2. The third-order valence-electron chi connectivity index (χ3n) is 3.34. The predicted octanol–water partition coefficient (Wildman–Crippen LogP) is 2.71. The number of aromatic nitrogens is 2. The second kappa shape index (κ2) is 6.35. The zero-order valence-corrected chi connectivity index (χ0v) is 12.7. The molecular weight excluding hydrogens is 296 g/mol. The summed E-state index contributed by atoms with van der Waals surface area (Å²) in [4.78, 5) is 21.7. The Labute approximate surface area is 133 Å². The lowest BCUT2D eigenvalue weighted by Gasteiger charge is -2.28. The van der Waals surface area contributed by atoms with E-state index in [0.717, 1.165) is 0 Å². The maximum Gasteiger partial charge on any atom is 0.326 e. The normalized spacial score (nSPS) is 14.4. The van der Waals surface area contributed by atoms with E-state index in [0.29, 0.717) is 35.8 Å². The number of anilines is 1. The molecule has 1 aromatic heterocycles. The van der Waals surface area contributed by atoms with Gasteiger partial charge < -0.3 is 14.8 Å². The molecule has 2 heterocycles. The fourth-order valence-electron chi connectivity index (χ4n) is 2.15. The molecule has 3 rings (SSSR count). The number of nitrogens with zero attached hydrogens (tertiary/aromatic N) is 3. The lowest BCUT2D eigenvalue weighted by Crippen LogP contribution is -2.45. The van der Waals surface area contributed by atoms with Gasteiger partial charge in [0, 0.05) is 24.7 Å². The van der Waals surface area contributed by atoms with Crippen LogP contribution in [-0.4, -0.2) is 29.7 Å². The van der Waals surface area contributed by atoms with Gasteiger partial charge in [-0.1, -0.05) is 12.6 Å². The van der Waals surface area contributed by atoms with Gasteiger partial charge in [0.05, 0.1) is 25.2 Å². The minimum atomic E-state index is -0.230. The van der Waals surface area contributed by atoms with E-state index in [-0.39, 0.29) is 12.0 Å². The van der Waals surface area contributed by atoms with Gasteiger partial charge in [-0.2, -0.15) is 0 Å². The molecule has 0 bridgehead atoms. The first-order valence-corrected chi connectivity index (χ1v) is 7.06. The lowest BCUT2D eigenvalue weighted by molar-refractivity contribution is 0.246. The van der Waals surface area contributed by atoms with E-state index < -0.39 is 0 Å². The molecular formula is C16H16N4O3. The maximum absolute atomic E-state index is 11.9. The fourth-order valence-corrected chi connectivity index (χ4v) is 2.15. The van der Waals surface area contributed by atoms with Crippen LogP contribution in [0.5, 0.6) is 17.5 Å². The van der Waals surface area contributed by atoms with E-state index in [1.807, 2.05) is 12.1 Å². The largest absolute Gasteiger partial charge is 0.497 e. The Balaban J connectivity index is 1.72. The highest BCUT2D eigenvalue weighted by atomic mass is 16.5. The van der Waals surface area contributed by atoms with Crippen LogP contribution in [0, 0.1) is 0 Å². The number of nitrogens with one attached hydrogen (secondary N) is 1. The maximum atomic E-state index is 11.9. The first-order chi connectivity index (χ1) is 11.2. The number of urea groups is 1. The van der Waals surface area contributed by atoms with Gasteiger partial charge in [0.15, 0.2) is 0 Å². The standard InChI is InChI=1S/C16H16N4O3/c1-11-6-7-20(16(21)19-11)12-9-17-15(18-10-12)23-14-5-3-4-13(8-14)22-2/h3-5,8-10H,1,6-7H2,2H3,(H,19,21). The molecule has 0 spiro atoms. The first kappa shape index (κ1) is 14.8. The van der Waals surface area contributed by atoms with Crippen LogP contribution in [0.25, 0.3) is 0 Å². The van der Waals surface area contributed by atoms with Gasteiger partial charge in [0.1, 0.15) is 11.5 Å². The Morgan fingerprint density at radius 3 is 2.70 bits per heavy atom. The molecule has 1 saturated heterocycles.